The van der Waals surface area contributed by atoms with E-state index in [1.807, 2.05) is 18.2 Å². The first kappa shape index (κ1) is 29.1. The molecule has 8 aromatic carbocycles. The Kier molecular flexibility index (Phi) is 6.39. The number of hydrogen-bond acceptors (Lipinski definition) is 5. The van der Waals surface area contributed by atoms with Gasteiger partial charge in [0, 0.05) is 47.6 Å². The fraction of sp³-hybridized carbons (Fsp3) is 0. The second-order valence-electron chi connectivity index (χ2n) is 13.2. The topological polar surface area (TPSA) is 51.8 Å². The number of fused-ring (bicyclic) bond motifs is 9. The quantitative estimate of drug-likeness (QED) is 0.185. The van der Waals surface area contributed by atoms with E-state index in [1.54, 1.807) is 11.3 Å². The molecule has 52 heavy (non-hydrogen) atoms. The Labute approximate surface area is 302 Å². The van der Waals surface area contributed by atoms with Gasteiger partial charge in [0.1, 0.15) is 11.2 Å². The molecule has 0 bridgehead atoms. The van der Waals surface area contributed by atoms with Gasteiger partial charge in [0.2, 0.25) is 0 Å². The van der Waals surface area contributed by atoms with Gasteiger partial charge in [0.15, 0.2) is 17.5 Å². The van der Waals surface area contributed by atoms with Crippen molar-refractivity contribution in [3.63, 3.8) is 0 Å². The first-order valence-corrected chi connectivity index (χ1v) is 18.2. The Bertz CT molecular complexity index is 3190. The molecule has 0 atom stereocenters. The van der Waals surface area contributed by atoms with E-state index in [4.69, 9.17) is 19.4 Å². The zero-order chi connectivity index (χ0) is 34.2. The highest BCUT2D eigenvalue weighted by Crippen LogP contribution is 2.43. The third-order valence-corrected chi connectivity index (χ3v) is 11.3. The van der Waals surface area contributed by atoms with Gasteiger partial charge in [-0.15, -0.1) is 11.3 Å². The molecule has 3 aromatic heterocycles. The van der Waals surface area contributed by atoms with E-state index in [9.17, 15) is 0 Å². The average Bonchev–Trinajstić information content (AvgIpc) is 3.79. The van der Waals surface area contributed by atoms with Gasteiger partial charge in [-0.3, -0.25) is 0 Å². The Morgan fingerprint density at radius 2 is 1.00 bits per heavy atom. The molecule has 11 aromatic rings. The van der Waals surface area contributed by atoms with Gasteiger partial charge in [-0.1, -0.05) is 127 Å². The van der Waals surface area contributed by atoms with Crippen molar-refractivity contribution in [1.29, 1.82) is 0 Å². The van der Waals surface area contributed by atoms with Crippen LogP contribution < -0.4 is 0 Å². The molecule has 0 aliphatic heterocycles. The van der Waals surface area contributed by atoms with E-state index in [-0.39, 0.29) is 0 Å². The molecule has 0 spiro atoms. The molecule has 0 aliphatic carbocycles. The Balaban J connectivity index is 1.12. The molecule has 0 saturated heterocycles. The third kappa shape index (κ3) is 4.57. The summed E-state index contributed by atoms with van der Waals surface area (Å²) in [5.74, 6) is 1.97. The number of aromatic nitrogens is 3. The van der Waals surface area contributed by atoms with E-state index in [0.29, 0.717) is 17.5 Å². The number of benzene rings is 8. The van der Waals surface area contributed by atoms with Crippen LogP contribution in [0.25, 0.3) is 109 Å². The van der Waals surface area contributed by atoms with Crippen molar-refractivity contribution in [2.24, 2.45) is 0 Å². The minimum Gasteiger partial charge on any atom is -0.456 e. The summed E-state index contributed by atoms with van der Waals surface area (Å²) in [6.45, 7) is 0. The van der Waals surface area contributed by atoms with Gasteiger partial charge in [-0.25, -0.2) is 15.0 Å². The van der Waals surface area contributed by atoms with E-state index >= 15 is 0 Å². The van der Waals surface area contributed by atoms with Crippen LogP contribution in [0.15, 0.2) is 168 Å². The number of thiophene rings is 1. The maximum atomic E-state index is 6.32. The summed E-state index contributed by atoms with van der Waals surface area (Å²) in [5, 5.41) is 9.29. The Hall–Kier alpha value is -6.69. The molecule has 0 unspecified atom stereocenters. The van der Waals surface area contributed by atoms with E-state index in [0.717, 1.165) is 65.9 Å². The van der Waals surface area contributed by atoms with Crippen LogP contribution in [0.5, 0.6) is 0 Å². The third-order valence-electron chi connectivity index (χ3n) is 10.1. The van der Waals surface area contributed by atoms with Crippen LogP contribution in [0.4, 0.5) is 0 Å². The SMILES string of the molecule is c1ccc(-c2nc(-c3cccc4ccccc34)nc(-c3cccc4sc5ccc(-c6ccc7oc8ccc9ccccc9c8c7c6)cc5c34)n2)cc1. The Morgan fingerprint density at radius 3 is 1.87 bits per heavy atom. The molecule has 0 amide bonds. The second-order valence-corrected chi connectivity index (χ2v) is 14.2. The molecule has 11 rings (SSSR count). The maximum absolute atomic E-state index is 6.32. The molecule has 5 heteroatoms. The van der Waals surface area contributed by atoms with Gasteiger partial charge >= 0.3 is 0 Å². The highest BCUT2D eigenvalue weighted by molar-refractivity contribution is 7.26. The molecule has 0 radical (unpaired) electrons. The minimum atomic E-state index is 0.652. The molecule has 3 heterocycles. The lowest BCUT2D eigenvalue weighted by Crippen LogP contribution is -2.00. The normalized spacial score (nSPS) is 11.8. The van der Waals surface area contributed by atoms with Crippen LogP contribution in [0.3, 0.4) is 0 Å². The lowest BCUT2D eigenvalue weighted by Gasteiger charge is -2.11. The smallest absolute Gasteiger partial charge is 0.164 e. The van der Waals surface area contributed by atoms with Crippen LogP contribution in [0.1, 0.15) is 0 Å². The van der Waals surface area contributed by atoms with Crippen molar-refractivity contribution in [2.45, 2.75) is 0 Å². The van der Waals surface area contributed by atoms with Crippen molar-refractivity contribution in [3.8, 4) is 45.3 Å². The van der Waals surface area contributed by atoms with Crippen LogP contribution in [-0.4, -0.2) is 15.0 Å². The van der Waals surface area contributed by atoms with Gasteiger partial charge in [-0.05, 0) is 69.1 Å². The summed E-state index contributed by atoms with van der Waals surface area (Å²) in [5.41, 5.74) is 7.02. The largest absolute Gasteiger partial charge is 0.456 e. The zero-order valence-electron chi connectivity index (χ0n) is 27.7. The number of rotatable bonds is 4. The highest BCUT2D eigenvalue weighted by Gasteiger charge is 2.19. The molecule has 0 saturated carbocycles. The van der Waals surface area contributed by atoms with Gasteiger partial charge in [0.25, 0.3) is 0 Å². The van der Waals surface area contributed by atoms with Gasteiger partial charge in [0.05, 0.1) is 0 Å². The molecule has 4 nitrogen and oxygen atoms in total. The monoisotopic (exact) mass is 681 g/mol. The fourth-order valence-corrected chi connectivity index (χ4v) is 8.79. The van der Waals surface area contributed by atoms with Crippen molar-refractivity contribution in [2.75, 3.05) is 0 Å². The summed E-state index contributed by atoms with van der Waals surface area (Å²) in [7, 11) is 0. The fourth-order valence-electron chi connectivity index (χ4n) is 7.67. The summed E-state index contributed by atoms with van der Waals surface area (Å²) in [4.78, 5) is 15.4. The molecule has 242 valence electrons. The lowest BCUT2D eigenvalue weighted by molar-refractivity contribution is 0.669. The van der Waals surface area contributed by atoms with Crippen molar-refractivity contribution < 1.29 is 4.42 Å². The van der Waals surface area contributed by atoms with Gasteiger partial charge in [-0.2, -0.15) is 0 Å². The lowest BCUT2D eigenvalue weighted by atomic mass is 9.98. The molecular formula is C47H27N3OS. The van der Waals surface area contributed by atoms with E-state index in [1.165, 1.54) is 25.6 Å². The van der Waals surface area contributed by atoms with Crippen LogP contribution >= 0.6 is 11.3 Å². The molecule has 0 fully saturated rings. The number of hydrogen-bond donors (Lipinski definition) is 0. The molecule has 0 N–H and O–H groups in total. The Morgan fingerprint density at radius 1 is 0.365 bits per heavy atom. The van der Waals surface area contributed by atoms with E-state index in [2.05, 4.69) is 146 Å². The maximum Gasteiger partial charge on any atom is 0.164 e. The second kappa shape index (κ2) is 11.4. The molecule has 0 aliphatic rings. The predicted molar refractivity (Wildman–Crippen MR) is 217 cm³/mol. The summed E-state index contributed by atoms with van der Waals surface area (Å²) < 4.78 is 8.74. The van der Waals surface area contributed by atoms with E-state index < -0.39 is 0 Å². The predicted octanol–water partition coefficient (Wildman–Crippen LogP) is 13.1. The zero-order valence-corrected chi connectivity index (χ0v) is 28.6. The number of nitrogens with zero attached hydrogens (tertiary/aromatic N) is 3. The summed E-state index contributed by atoms with van der Waals surface area (Å²) in [6.07, 6.45) is 0. The van der Waals surface area contributed by atoms with Crippen molar-refractivity contribution in [3.05, 3.63) is 164 Å². The number of furan rings is 1. The standard InChI is InChI=1S/C47H27N3OS/c1-2-12-30(13-3-1)45-48-46(35-17-8-14-28-10-4-6-15-33(28)35)50-47(49-45)36-18-9-19-42-44(36)38-27-32(22-25-41(38)52-42)31-21-23-39-37(26-31)43-34-16-7-5-11-29(34)20-24-40(43)51-39/h1-27H. The van der Waals surface area contributed by atoms with Gasteiger partial charge < -0.3 is 4.42 Å². The first-order valence-electron chi connectivity index (χ1n) is 17.3. The molecular weight excluding hydrogens is 655 g/mol. The average molecular weight is 682 g/mol. The van der Waals surface area contributed by atoms with Crippen LogP contribution in [-0.2, 0) is 0 Å². The van der Waals surface area contributed by atoms with Crippen LogP contribution in [0, 0.1) is 0 Å². The highest BCUT2D eigenvalue weighted by atomic mass is 32.1. The first-order chi connectivity index (χ1) is 25.7. The minimum absolute atomic E-state index is 0.652. The van der Waals surface area contributed by atoms with Crippen molar-refractivity contribution >= 4 is 75.0 Å². The summed E-state index contributed by atoms with van der Waals surface area (Å²) >= 11 is 1.80. The van der Waals surface area contributed by atoms with Crippen LogP contribution in [0.2, 0.25) is 0 Å². The summed E-state index contributed by atoms with van der Waals surface area (Å²) in [6, 6.07) is 57.4. The van der Waals surface area contributed by atoms with Crippen molar-refractivity contribution in [1.82, 2.24) is 15.0 Å².